The number of rotatable bonds is 3. The molecule has 0 radical (unpaired) electrons. The molecule has 2 rings (SSSR count). The Balaban J connectivity index is 2.39. The van der Waals surface area contributed by atoms with Crippen molar-refractivity contribution in [3.63, 3.8) is 0 Å². The van der Waals surface area contributed by atoms with Gasteiger partial charge in [0.2, 0.25) is 0 Å². The van der Waals surface area contributed by atoms with Crippen molar-refractivity contribution in [1.82, 2.24) is 9.55 Å². The Bertz CT molecular complexity index is 720. The van der Waals surface area contributed by atoms with Gasteiger partial charge in [0.15, 0.2) is 5.03 Å². The number of phenolic OH excluding ortho intramolecular Hbond substituents is 1. The van der Waals surface area contributed by atoms with E-state index >= 15 is 0 Å². The summed E-state index contributed by atoms with van der Waals surface area (Å²) < 4.78 is 28.2. The van der Waals surface area contributed by atoms with Crippen LogP contribution in [-0.4, -0.2) is 23.1 Å². The molecule has 6 nitrogen and oxygen atoms in total. The quantitative estimate of drug-likeness (QED) is 0.894. The largest absolute Gasteiger partial charge is 0.507 e. The monoisotopic (exact) mass is 281 g/mol. The molecule has 0 atom stereocenters. The van der Waals surface area contributed by atoms with Gasteiger partial charge in [-0.05, 0) is 25.5 Å². The van der Waals surface area contributed by atoms with Gasteiger partial charge in [0.1, 0.15) is 5.75 Å². The molecule has 1 aromatic heterocycles. The molecule has 0 amide bonds. The SMILES string of the molecule is Cc1ccc(NS(=O)(=O)c2cn(C)cn2)c(C)c1O. The Labute approximate surface area is 111 Å². The number of aromatic nitrogens is 2. The zero-order chi connectivity index (χ0) is 14.2. The van der Waals surface area contributed by atoms with Crippen molar-refractivity contribution in [1.29, 1.82) is 0 Å². The molecule has 102 valence electrons. The number of benzene rings is 1. The fourth-order valence-electron chi connectivity index (χ4n) is 1.67. The summed E-state index contributed by atoms with van der Waals surface area (Å²) in [6, 6.07) is 3.27. The van der Waals surface area contributed by atoms with E-state index < -0.39 is 10.0 Å². The Morgan fingerprint density at radius 2 is 2.00 bits per heavy atom. The van der Waals surface area contributed by atoms with Crippen molar-refractivity contribution in [2.45, 2.75) is 18.9 Å². The first-order valence-corrected chi connectivity index (χ1v) is 7.09. The third-order valence-corrected chi connectivity index (χ3v) is 4.08. The van der Waals surface area contributed by atoms with Crippen LogP contribution in [-0.2, 0) is 17.1 Å². The van der Waals surface area contributed by atoms with Crippen LogP contribution in [0.4, 0.5) is 5.69 Å². The molecule has 7 heteroatoms. The summed E-state index contributed by atoms with van der Waals surface area (Å²) >= 11 is 0. The van der Waals surface area contributed by atoms with Crippen LogP contribution < -0.4 is 4.72 Å². The number of hydrogen-bond acceptors (Lipinski definition) is 4. The summed E-state index contributed by atoms with van der Waals surface area (Å²) in [7, 11) is -2.05. The number of aryl methyl sites for hydroxylation is 2. The van der Waals surface area contributed by atoms with E-state index in [-0.39, 0.29) is 10.8 Å². The van der Waals surface area contributed by atoms with Gasteiger partial charge in [-0.15, -0.1) is 0 Å². The molecule has 0 aliphatic rings. The zero-order valence-corrected chi connectivity index (χ0v) is 11.7. The standard InChI is InChI=1S/C12H15N3O3S/c1-8-4-5-10(9(2)12(8)16)14-19(17,18)11-6-15(3)7-13-11/h4-7,14,16H,1-3H3. The number of sulfonamides is 1. The van der Waals surface area contributed by atoms with Crippen molar-refractivity contribution in [3.8, 4) is 5.75 Å². The number of nitrogens with zero attached hydrogens (tertiary/aromatic N) is 2. The Morgan fingerprint density at radius 3 is 2.58 bits per heavy atom. The summed E-state index contributed by atoms with van der Waals surface area (Å²) in [5.74, 6) is 0.0845. The summed E-state index contributed by atoms with van der Waals surface area (Å²) in [5.41, 5.74) is 1.52. The van der Waals surface area contributed by atoms with Gasteiger partial charge in [0.05, 0.1) is 12.0 Å². The van der Waals surface area contributed by atoms with Crippen molar-refractivity contribution in [3.05, 3.63) is 35.8 Å². The molecule has 2 N–H and O–H groups in total. The van der Waals surface area contributed by atoms with Crippen LogP contribution in [0.15, 0.2) is 29.7 Å². The molecule has 19 heavy (non-hydrogen) atoms. The minimum atomic E-state index is -3.74. The molecule has 2 aromatic rings. The minimum Gasteiger partial charge on any atom is -0.507 e. The van der Waals surface area contributed by atoms with E-state index in [4.69, 9.17) is 0 Å². The fourth-order valence-corrected chi connectivity index (χ4v) is 2.78. The summed E-state index contributed by atoms with van der Waals surface area (Å²) in [6.07, 6.45) is 2.82. The van der Waals surface area contributed by atoms with Gasteiger partial charge < -0.3 is 9.67 Å². The van der Waals surface area contributed by atoms with E-state index in [2.05, 4.69) is 9.71 Å². The highest BCUT2D eigenvalue weighted by Gasteiger charge is 2.19. The lowest BCUT2D eigenvalue weighted by molar-refractivity contribution is 0.467. The first kappa shape index (κ1) is 13.4. The Kier molecular flexibility index (Phi) is 3.23. The van der Waals surface area contributed by atoms with Crippen LogP contribution in [0.5, 0.6) is 5.75 Å². The molecule has 0 fully saturated rings. The maximum atomic E-state index is 12.1. The second kappa shape index (κ2) is 4.58. The maximum absolute atomic E-state index is 12.1. The smallest absolute Gasteiger partial charge is 0.280 e. The van der Waals surface area contributed by atoms with Crippen LogP contribution in [0.25, 0.3) is 0 Å². The lowest BCUT2D eigenvalue weighted by atomic mass is 10.1. The van der Waals surface area contributed by atoms with Gasteiger partial charge in [-0.2, -0.15) is 8.42 Å². The number of hydrogen-bond donors (Lipinski definition) is 2. The lowest BCUT2D eigenvalue weighted by Gasteiger charge is -2.11. The Morgan fingerprint density at radius 1 is 1.32 bits per heavy atom. The second-order valence-corrected chi connectivity index (χ2v) is 6.02. The van der Waals surface area contributed by atoms with Gasteiger partial charge in [-0.1, -0.05) is 6.07 Å². The highest BCUT2D eigenvalue weighted by molar-refractivity contribution is 7.92. The summed E-state index contributed by atoms with van der Waals surface area (Å²) in [4.78, 5) is 3.80. The maximum Gasteiger partial charge on any atom is 0.280 e. The zero-order valence-electron chi connectivity index (χ0n) is 10.9. The van der Waals surface area contributed by atoms with Crippen LogP contribution >= 0.6 is 0 Å². The first-order chi connectivity index (χ1) is 8.81. The molecule has 1 heterocycles. The van der Waals surface area contributed by atoms with E-state index in [1.807, 2.05) is 0 Å². The number of phenols is 1. The predicted octanol–water partition coefficient (Wildman–Crippen LogP) is 1.54. The molecular weight excluding hydrogens is 266 g/mol. The Hall–Kier alpha value is -2.02. The third kappa shape index (κ3) is 2.55. The van der Waals surface area contributed by atoms with Crippen LogP contribution in [0.3, 0.4) is 0 Å². The van der Waals surface area contributed by atoms with Crippen LogP contribution in [0.1, 0.15) is 11.1 Å². The molecule has 0 unspecified atom stereocenters. The first-order valence-electron chi connectivity index (χ1n) is 5.61. The van der Waals surface area contributed by atoms with Crippen LogP contribution in [0.2, 0.25) is 0 Å². The fraction of sp³-hybridized carbons (Fsp3) is 0.250. The van der Waals surface area contributed by atoms with Crippen molar-refractivity contribution >= 4 is 15.7 Å². The van der Waals surface area contributed by atoms with Gasteiger partial charge in [-0.25, -0.2) is 4.98 Å². The van der Waals surface area contributed by atoms with Crippen molar-refractivity contribution in [2.24, 2.45) is 7.05 Å². The minimum absolute atomic E-state index is 0.0607. The number of aromatic hydroxyl groups is 1. The van der Waals surface area contributed by atoms with E-state index in [0.717, 1.165) is 0 Å². The second-order valence-electron chi connectivity index (χ2n) is 4.39. The predicted molar refractivity (Wildman–Crippen MR) is 71.6 cm³/mol. The topological polar surface area (TPSA) is 84.2 Å². The van der Waals surface area contributed by atoms with Gasteiger partial charge in [0.25, 0.3) is 10.0 Å². The normalized spacial score (nSPS) is 11.5. The average Bonchev–Trinajstić information content (AvgIpc) is 2.78. The van der Waals surface area contributed by atoms with Crippen molar-refractivity contribution in [2.75, 3.05) is 4.72 Å². The number of imidazole rings is 1. The van der Waals surface area contributed by atoms with Gasteiger partial charge in [0, 0.05) is 18.8 Å². The van der Waals surface area contributed by atoms with E-state index in [1.165, 1.54) is 12.5 Å². The lowest BCUT2D eigenvalue weighted by Crippen LogP contribution is -2.14. The number of anilines is 1. The third-order valence-electron chi connectivity index (χ3n) is 2.83. The molecular formula is C12H15N3O3S. The van der Waals surface area contributed by atoms with E-state index in [0.29, 0.717) is 16.8 Å². The van der Waals surface area contributed by atoms with E-state index in [1.54, 1.807) is 37.6 Å². The molecule has 0 spiro atoms. The van der Waals surface area contributed by atoms with E-state index in [9.17, 15) is 13.5 Å². The molecule has 0 saturated carbocycles. The highest BCUT2D eigenvalue weighted by Crippen LogP contribution is 2.29. The summed E-state index contributed by atoms with van der Waals surface area (Å²) in [5, 5.41) is 9.74. The van der Waals surface area contributed by atoms with Gasteiger partial charge >= 0.3 is 0 Å². The molecule has 0 aliphatic heterocycles. The molecule has 0 aliphatic carbocycles. The average molecular weight is 281 g/mol. The summed E-state index contributed by atoms with van der Waals surface area (Å²) in [6.45, 7) is 3.40. The number of nitrogens with one attached hydrogen (secondary N) is 1. The van der Waals surface area contributed by atoms with Gasteiger partial charge in [-0.3, -0.25) is 4.72 Å². The molecule has 1 aromatic carbocycles. The molecule has 0 bridgehead atoms. The van der Waals surface area contributed by atoms with Crippen molar-refractivity contribution < 1.29 is 13.5 Å². The molecule has 0 saturated heterocycles. The van der Waals surface area contributed by atoms with Crippen LogP contribution in [0, 0.1) is 13.8 Å². The highest BCUT2D eigenvalue weighted by atomic mass is 32.2.